The molecule has 0 aliphatic rings. The molecule has 1 N–H and O–H groups in total. The number of nitrogens with one attached hydrogen (secondary N) is 1. The molecule has 0 radical (unpaired) electrons. The summed E-state index contributed by atoms with van der Waals surface area (Å²) in [6.07, 6.45) is 0. The van der Waals surface area contributed by atoms with Crippen molar-refractivity contribution in [3.05, 3.63) is 75.8 Å². The van der Waals surface area contributed by atoms with Crippen molar-refractivity contribution in [2.45, 2.75) is 33.4 Å². The molecule has 0 aliphatic carbocycles. The van der Waals surface area contributed by atoms with Gasteiger partial charge in [-0.05, 0) is 39.0 Å². The first kappa shape index (κ1) is 23.0. The van der Waals surface area contributed by atoms with Crippen LogP contribution in [0.1, 0.15) is 29.9 Å². The van der Waals surface area contributed by atoms with Crippen molar-refractivity contribution in [1.82, 2.24) is 24.9 Å². The summed E-state index contributed by atoms with van der Waals surface area (Å²) in [7, 11) is 3.10. The number of hydrogen-bond donors (Lipinski definition) is 1. The molecule has 1 amide bonds. The smallest absolute Gasteiger partial charge is 0.295 e. The highest BCUT2D eigenvalue weighted by Crippen LogP contribution is 2.30. The minimum absolute atomic E-state index is 0.210. The summed E-state index contributed by atoms with van der Waals surface area (Å²) < 4.78 is 13.7. The van der Waals surface area contributed by atoms with Crippen molar-refractivity contribution in [3.63, 3.8) is 0 Å². The molecule has 0 aliphatic heterocycles. The average Bonchev–Trinajstić information content (AvgIpc) is 3.22. The third-order valence-electron chi connectivity index (χ3n) is 5.83. The van der Waals surface area contributed by atoms with Crippen LogP contribution in [0.15, 0.2) is 53.3 Å². The van der Waals surface area contributed by atoms with Crippen molar-refractivity contribution in [3.8, 4) is 17.2 Å². The van der Waals surface area contributed by atoms with E-state index in [0.29, 0.717) is 22.6 Å². The number of carbonyl (C=O) groups excluding carboxylic acids is 1. The monoisotopic (exact) mass is 461 g/mol. The molecule has 0 saturated carbocycles. The van der Waals surface area contributed by atoms with E-state index in [1.54, 1.807) is 31.9 Å². The minimum atomic E-state index is -0.839. The van der Waals surface area contributed by atoms with Crippen LogP contribution in [0.25, 0.3) is 16.6 Å². The lowest BCUT2D eigenvalue weighted by molar-refractivity contribution is -0.124. The van der Waals surface area contributed by atoms with E-state index in [0.717, 1.165) is 16.9 Å². The van der Waals surface area contributed by atoms with E-state index in [1.165, 1.54) is 4.68 Å². The van der Waals surface area contributed by atoms with Gasteiger partial charge in [-0.15, -0.1) is 0 Å². The van der Waals surface area contributed by atoms with Gasteiger partial charge in [0.2, 0.25) is 5.91 Å². The van der Waals surface area contributed by atoms with Gasteiger partial charge in [-0.1, -0.05) is 30.3 Å². The summed E-state index contributed by atoms with van der Waals surface area (Å²) in [5.74, 6) is 0.774. The van der Waals surface area contributed by atoms with Crippen molar-refractivity contribution in [2.24, 2.45) is 0 Å². The van der Waals surface area contributed by atoms with Crippen LogP contribution in [0.3, 0.4) is 0 Å². The fourth-order valence-corrected chi connectivity index (χ4v) is 4.07. The van der Waals surface area contributed by atoms with E-state index in [9.17, 15) is 9.59 Å². The molecule has 1 atom stereocenters. The number of ether oxygens (including phenoxy) is 2. The molecule has 0 unspecified atom stereocenters. The number of carbonyl (C=O) groups is 1. The lowest BCUT2D eigenvalue weighted by Crippen LogP contribution is -2.37. The van der Waals surface area contributed by atoms with Gasteiger partial charge in [-0.25, -0.2) is 9.36 Å². The Morgan fingerprint density at radius 2 is 1.76 bits per heavy atom. The fourth-order valence-electron chi connectivity index (χ4n) is 4.07. The molecular formula is C25H27N5O4. The molecule has 4 rings (SSSR count). The van der Waals surface area contributed by atoms with E-state index >= 15 is 0 Å². The number of benzene rings is 2. The molecule has 176 valence electrons. The Hall–Kier alpha value is -4.14. The van der Waals surface area contributed by atoms with E-state index in [2.05, 4.69) is 15.5 Å². The number of aryl methyl sites for hydroxylation is 2. The van der Waals surface area contributed by atoms with Crippen LogP contribution in [0, 0.1) is 13.8 Å². The standard InChI is InChI=1S/C25H27N5O4/c1-15-21-16(2)29(19-11-7-6-8-12-19)28-22(21)25(32)30(27-15)17(3)24(31)26-14-18-10-9-13-20(33-4)23(18)34-5/h6-13,17H,14H2,1-5H3,(H,26,31)/t17-/m0/s1. The Morgan fingerprint density at radius 3 is 2.44 bits per heavy atom. The Kier molecular flexibility index (Phi) is 6.36. The van der Waals surface area contributed by atoms with Crippen LogP contribution in [0.4, 0.5) is 0 Å². The molecule has 9 heteroatoms. The molecule has 0 spiro atoms. The predicted molar refractivity (Wildman–Crippen MR) is 129 cm³/mol. The maximum atomic E-state index is 13.3. The second-order valence-corrected chi connectivity index (χ2v) is 7.94. The number of nitrogens with zero attached hydrogens (tertiary/aromatic N) is 4. The van der Waals surface area contributed by atoms with Crippen molar-refractivity contribution in [1.29, 1.82) is 0 Å². The number of aromatic nitrogens is 4. The van der Waals surface area contributed by atoms with Gasteiger partial charge in [-0.2, -0.15) is 10.2 Å². The van der Waals surface area contributed by atoms with E-state index in [1.807, 2.05) is 56.3 Å². The Bertz CT molecular complexity index is 1410. The summed E-state index contributed by atoms with van der Waals surface area (Å²) >= 11 is 0. The highest BCUT2D eigenvalue weighted by Gasteiger charge is 2.23. The number of fused-ring (bicyclic) bond motifs is 1. The molecule has 4 aromatic rings. The zero-order chi connectivity index (χ0) is 24.4. The number of rotatable bonds is 7. The largest absolute Gasteiger partial charge is 0.493 e. The summed E-state index contributed by atoms with van der Waals surface area (Å²) in [4.78, 5) is 26.2. The second kappa shape index (κ2) is 9.38. The number of amides is 1. The molecule has 34 heavy (non-hydrogen) atoms. The topological polar surface area (TPSA) is 100 Å². The Labute approximate surface area is 196 Å². The predicted octanol–water partition coefficient (Wildman–Crippen LogP) is 3.09. The number of methoxy groups -OCH3 is 2. The first-order chi connectivity index (χ1) is 16.4. The summed E-state index contributed by atoms with van der Waals surface area (Å²) in [5, 5.41) is 12.6. The summed E-state index contributed by atoms with van der Waals surface area (Å²) in [5.41, 5.74) is 2.91. The van der Waals surface area contributed by atoms with Crippen molar-refractivity contribution >= 4 is 16.8 Å². The van der Waals surface area contributed by atoms with Crippen LogP contribution in [-0.4, -0.2) is 39.7 Å². The number of para-hydroxylation sites is 2. The maximum absolute atomic E-state index is 13.3. The summed E-state index contributed by atoms with van der Waals surface area (Å²) in [6.45, 7) is 5.56. The zero-order valence-corrected chi connectivity index (χ0v) is 19.8. The van der Waals surface area contributed by atoms with Gasteiger partial charge in [0.1, 0.15) is 6.04 Å². The second-order valence-electron chi connectivity index (χ2n) is 7.94. The Balaban J connectivity index is 1.64. The van der Waals surface area contributed by atoms with Crippen LogP contribution >= 0.6 is 0 Å². The van der Waals surface area contributed by atoms with Crippen LogP contribution in [0.2, 0.25) is 0 Å². The van der Waals surface area contributed by atoms with E-state index in [-0.39, 0.29) is 18.0 Å². The van der Waals surface area contributed by atoms with Crippen molar-refractivity contribution < 1.29 is 14.3 Å². The minimum Gasteiger partial charge on any atom is -0.493 e. The van der Waals surface area contributed by atoms with Gasteiger partial charge >= 0.3 is 0 Å². The zero-order valence-electron chi connectivity index (χ0n) is 19.8. The van der Waals surface area contributed by atoms with Crippen LogP contribution in [-0.2, 0) is 11.3 Å². The van der Waals surface area contributed by atoms with Crippen molar-refractivity contribution in [2.75, 3.05) is 14.2 Å². The molecule has 0 bridgehead atoms. The van der Waals surface area contributed by atoms with Gasteiger partial charge in [-0.3, -0.25) is 9.59 Å². The molecule has 2 heterocycles. The molecule has 0 saturated heterocycles. The molecule has 2 aromatic carbocycles. The van der Waals surface area contributed by atoms with E-state index < -0.39 is 11.6 Å². The Morgan fingerprint density at radius 1 is 1.03 bits per heavy atom. The lowest BCUT2D eigenvalue weighted by atomic mass is 10.1. The SMILES string of the molecule is COc1cccc(CNC(=O)[C@H](C)n2nc(C)c3c(C)n(-c4ccccc4)nc3c2=O)c1OC. The van der Waals surface area contributed by atoms with Gasteiger partial charge in [0, 0.05) is 12.1 Å². The third kappa shape index (κ3) is 4.00. The molecular weight excluding hydrogens is 434 g/mol. The quantitative estimate of drug-likeness (QED) is 0.454. The lowest BCUT2D eigenvalue weighted by Gasteiger charge is -2.16. The number of hydrogen-bond acceptors (Lipinski definition) is 6. The summed E-state index contributed by atoms with van der Waals surface area (Å²) in [6, 6.07) is 14.2. The molecule has 9 nitrogen and oxygen atoms in total. The van der Waals surface area contributed by atoms with Crippen LogP contribution < -0.4 is 20.3 Å². The van der Waals surface area contributed by atoms with Crippen LogP contribution in [0.5, 0.6) is 11.5 Å². The van der Waals surface area contributed by atoms with Gasteiger partial charge in [0.25, 0.3) is 5.56 Å². The molecule has 2 aromatic heterocycles. The normalized spacial score (nSPS) is 11.9. The highest BCUT2D eigenvalue weighted by molar-refractivity contribution is 5.84. The first-order valence-electron chi connectivity index (χ1n) is 10.9. The highest BCUT2D eigenvalue weighted by atomic mass is 16.5. The first-order valence-corrected chi connectivity index (χ1v) is 10.9. The van der Waals surface area contributed by atoms with E-state index in [4.69, 9.17) is 9.47 Å². The molecule has 0 fully saturated rings. The fraction of sp³-hybridized carbons (Fsp3) is 0.280. The average molecular weight is 462 g/mol. The third-order valence-corrected chi connectivity index (χ3v) is 5.83. The van der Waals surface area contributed by atoms with Gasteiger partial charge in [0.15, 0.2) is 17.0 Å². The van der Waals surface area contributed by atoms with Gasteiger partial charge < -0.3 is 14.8 Å². The maximum Gasteiger partial charge on any atom is 0.295 e. The van der Waals surface area contributed by atoms with Gasteiger partial charge in [0.05, 0.1) is 36.7 Å².